The van der Waals surface area contributed by atoms with Crippen molar-refractivity contribution in [2.45, 2.75) is 18.9 Å². The fourth-order valence-corrected chi connectivity index (χ4v) is 2.85. The van der Waals surface area contributed by atoms with E-state index in [2.05, 4.69) is 21.2 Å². The molecule has 0 spiro atoms. The molecule has 0 saturated heterocycles. The fourth-order valence-electron chi connectivity index (χ4n) is 2.41. The van der Waals surface area contributed by atoms with Crippen LogP contribution in [0.4, 0.5) is 4.79 Å². The Hall–Kier alpha value is -1.56. The average Bonchev–Trinajstić information content (AvgIpc) is 2.59. The molecule has 6 heteroatoms. The van der Waals surface area contributed by atoms with Crippen LogP contribution in [0, 0.1) is 0 Å². The van der Waals surface area contributed by atoms with Crippen molar-refractivity contribution in [1.29, 1.82) is 0 Å². The molecule has 4 nitrogen and oxygen atoms in total. The standard InChI is InChI=1S/C18H19BrClNO3/c1-2-24-18(23)21-11-14(13-8-9-15(19)16(20)10-13)17(22)12-6-4-3-5-7-12/h3-10,14,17,22H,2,11H2,1H3,(H,21,23)/t14-,17-/m1/s1. The van der Waals surface area contributed by atoms with Gasteiger partial charge >= 0.3 is 6.09 Å². The molecule has 0 radical (unpaired) electrons. The number of carbonyl (C=O) groups is 1. The Morgan fingerprint density at radius 3 is 2.58 bits per heavy atom. The summed E-state index contributed by atoms with van der Waals surface area (Å²) in [4.78, 5) is 11.6. The van der Waals surface area contributed by atoms with Gasteiger partial charge in [0.1, 0.15) is 0 Å². The van der Waals surface area contributed by atoms with E-state index in [-0.39, 0.29) is 12.5 Å². The van der Waals surface area contributed by atoms with Crippen LogP contribution in [0.3, 0.4) is 0 Å². The molecule has 0 bridgehead atoms. The minimum absolute atomic E-state index is 0.229. The van der Waals surface area contributed by atoms with E-state index < -0.39 is 12.2 Å². The van der Waals surface area contributed by atoms with Crippen LogP contribution in [0.2, 0.25) is 5.02 Å². The molecule has 0 aliphatic carbocycles. The van der Waals surface area contributed by atoms with E-state index in [1.54, 1.807) is 13.0 Å². The molecule has 0 aliphatic heterocycles. The monoisotopic (exact) mass is 411 g/mol. The summed E-state index contributed by atoms with van der Waals surface area (Å²) in [6, 6.07) is 14.8. The van der Waals surface area contributed by atoms with Crippen molar-refractivity contribution in [3.8, 4) is 0 Å². The molecular weight excluding hydrogens is 394 g/mol. The van der Waals surface area contributed by atoms with Gasteiger partial charge < -0.3 is 15.2 Å². The van der Waals surface area contributed by atoms with Crippen molar-refractivity contribution >= 4 is 33.6 Å². The summed E-state index contributed by atoms with van der Waals surface area (Å²) in [5, 5.41) is 14.0. The van der Waals surface area contributed by atoms with Crippen LogP contribution in [-0.4, -0.2) is 24.4 Å². The van der Waals surface area contributed by atoms with Gasteiger partial charge in [0.2, 0.25) is 0 Å². The van der Waals surface area contributed by atoms with E-state index in [9.17, 15) is 9.90 Å². The van der Waals surface area contributed by atoms with Crippen LogP contribution in [0.1, 0.15) is 30.1 Å². The maximum Gasteiger partial charge on any atom is 0.407 e. The molecule has 2 N–H and O–H groups in total. The highest BCUT2D eigenvalue weighted by Gasteiger charge is 2.24. The highest BCUT2D eigenvalue weighted by Crippen LogP contribution is 2.34. The summed E-state index contributed by atoms with van der Waals surface area (Å²) in [5.74, 6) is -0.359. The molecule has 24 heavy (non-hydrogen) atoms. The third-order valence-electron chi connectivity index (χ3n) is 3.64. The minimum atomic E-state index is -0.787. The highest BCUT2D eigenvalue weighted by molar-refractivity contribution is 9.10. The normalized spacial score (nSPS) is 13.2. The molecule has 0 fully saturated rings. The summed E-state index contributed by atoms with van der Waals surface area (Å²) in [6.07, 6.45) is -1.30. The Bertz CT molecular complexity index is 681. The Kier molecular flexibility index (Phi) is 7.09. The lowest BCUT2D eigenvalue weighted by molar-refractivity contribution is 0.131. The second-order valence-electron chi connectivity index (χ2n) is 5.24. The molecular formula is C18H19BrClNO3. The molecule has 1 amide bonds. The molecule has 2 rings (SSSR count). The van der Waals surface area contributed by atoms with Crippen LogP contribution >= 0.6 is 27.5 Å². The largest absolute Gasteiger partial charge is 0.450 e. The molecule has 0 heterocycles. The van der Waals surface area contributed by atoms with Gasteiger partial charge in [0.15, 0.2) is 0 Å². The van der Waals surface area contributed by atoms with Gasteiger partial charge in [-0.05, 0) is 46.1 Å². The van der Waals surface area contributed by atoms with E-state index >= 15 is 0 Å². The number of ether oxygens (including phenoxy) is 1. The average molecular weight is 413 g/mol. The first-order chi connectivity index (χ1) is 11.5. The first-order valence-corrected chi connectivity index (χ1v) is 8.78. The van der Waals surface area contributed by atoms with E-state index in [4.69, 9.17) is 16.3 Å². The van der Waals surface area contributed by atoms with Gasteiger partial charge in [-0.2, -0.15) is 0 Å². The Morgan fingerprint density at radius 2 is 1.96 bits per heavy atom. The number of carbonyl (C=O) groups excluding carboxylic acids is 1. The van der Waals surface area contributed by atoms with E-state index in [1.807, 2.05) is 42.5 Å². The predicted molar refractivity (Wildman–Crippen MR) is 98.3 cm³/mol. The highest BCUT2D eigenvalue weighted by atomic mass is 79.9. The third-order valence-corrected chi connectivity index (χ3v) is 4.87. The SMILES string of the molecule is CCOC(=O)NC[C@H](c1ccc(Br)c(Cl)c1)[C@H](O)c1ccccc1. The molecule has 0 aromatic heterocycles. The summed E-state index contributed by atoms with van der Waals surface area (Å²) in [6.45, 7) is 2.26. The van der Waals surface area contributed by atoms with E-state index in [1.165, 1.54) is 0 Å². The number of hydrogen-bond acceptors (Lipinski definition) is 3. The summed E-state index contributed by atoms with van der Waals surface area (Å²) in [5.41, 5.74) is 1.60. The maximum absolute atomic E-state index is 11.6. The van der Waals surface area contributed by atoms with Crippen LogP contribution in [0.25, 0.3) is 0 Å². The number of alkyl carbamates (subject to hydrolysis) is 1. The van der Waals surface area contributed by atoms with Crippen LogP contribution in [0.15, 0.2) is 53.0 Å². The molecule has 0 aliphatic rings. The van der Waals surface area contributed by atoms with Crippen molar-refractivity contribution in [3.63, 3.8) is 0 Å². The zero-order chi connectivity index (χ0) is 17.5. The number of rotatable bonds is 6. The Morgan fingerprint density at radius 1 is 1.25 bits per heavy atom. The van der Waals surface area contributed by atoms with Gasteiger partial charge in [-0.15, -0.1) is 0 Å². The lowest BCUT2D eigenvalue weighted by atomic mass is 9.89. The van der Waals surface area contributed by atoms with Crippen molar-refractivity contribution in [3.05, 3.63) is 69.2 Å². The molecule has 2 aromatic carbocycles. The number of benzene rings is 2. The second-order valence-corrected chi connectivity index (χ2v) is 6.50. The summed E-state index contributed by atoms with van der Waals surface area (Å²) in [7, 11) is 0. The molecule has 128 valence electrons. The van der Waals surface area contributed by atoms with Crippen molar-refractivity contribution in [2.75, 3.05) is 13.2 Å². The number of aliphatic hydroxyl groups is 1. The van der Waals surface area contributed by atoms with Gasteiger partial charge in [0.05, 0.1) is 17.7 Å². The van der Waals surface area contributed by atoms with Gasteiger partial charge in [-0.25, -0.2) is 4.79 Å². The molecule has 0 unspecified atom stereocenters. The zero-order valence-corrected chi connectivity index (χ0v) is 15.5. The number of nitrogens with one attached hydrogen (secondary N) is 1. The van der Waals surface area contributed by atoms with E-state index in [0.717, 1.165) is 15.6 Å². The summed E-state index contributed by atoms with van der Waals surface area (Å²) < 4.78 is 5.67. The van der Waals surface area contributed by atoms with E-state index in [0.29, 0.717) is 11.6 Å². The van der Waals surface area contributed by atoms with Gasteiger partial charge in [0.25, 0.3) is 0 Å². The smallest absolute Gasteiger partial charge is 0.407 e. The van der Waals surface area contributed by atoms with Gasteiger partial charge in [-0.1, -0.05) is 48.0 Å². The first-order valence-electron chi connectivity index (χ1n) is 7.61. The quantitative estimate of drug-likeness (QED) is 0.725. The fraction of sp³-hybridized carbons (Fsp3) is 0.278. The van der Waals surface area contributed by atoms with Crippen LogP contribution in [0.5, 0.6) is 0 Å². The first kappa shape index (κ1) is 18.8. The molecule has 2 atom stereocenters. The number of halogens is 2. The van der Waals surface area contributed by atoms with Gasteiger partial charge in [0, 0.05) is 16.9 Å². The predicted octanol–water partition coefficient (Wildman–Crippen LogP) is 4.67. The van der Waals surface area contributed by atoms with Crippen molar-refractivity contribution in [2.24, 2.45) is 0 Å². The second kappa shape index (κ2) is 9.06. The Balaban J connectivity index is 2.26. The lowest BCUT2D eigenvalue weighted by Gasteiger charge is -2.24. The molecule has 0 saturated carbocycles. The van der Waals surface area contributed by atoms with Crippen molar-refractivity contribution in [1.82, 2.24) is 5.32 Å². The zero-order valence-electron chi connectivity index (χ0n) is 13.2. The summed E-state index contributed by atoms with van der Waals surface area (Å²) >= 11 is 9.54. The number of amides is 1. The lowest BCUT2D eigenvalue weighted by Crippen LogP contribution is -2.31. The number of aliphatic hydroxyl groups excluding tert-OH is 1. The molecule has 2 aromatic rings. The van der Waals surface area contributed by atoms with Gasteiger partial charge in [-0.3, -0.25) is 0 Å². The minimum Gasteiger partial charge on any atom is -0.450 e. The third kappa shape index (κ3) is 4.97. The maximum atomic E-state index is 11.6. The Labute approximate surface area is 154 Å². The topological polar surface area (TPSA) is 58.6 Å². The van der Waals surface area contributed by atoms with Crippen LogP contribution in [-0.2, 0) is 4.74 Å². The number of hydrogen-bond donors (Lipinski definition) is 2. The van der Waals surface area contributed by atoms with Crippen molar-refractivity contribution < 1.29 is 14.6 Å². The van der Waals surface area contributed by atoms with Crippen LogP contribution < -0.4 is 5.32 Å².